The lowest BCUT2D eigenvalue weighted by Crippen LogP contribution is -2.30. The van der Waals surface area contributed by atoms with Gasteiger partial charge in [-0.25, -0.2) is 4.99 Å². The summed E-state index contributed by atoms with van der Waals surface area (Å²) in [6.45, 7) is 10.1. The summed E-state index contributed by atoms with van der Waals surface area (Å²) in [4.78, 5) is 6.94. The SMILES string of the molecule is CCCOC1=C/C(=N\c2ccc(N(CC)C(C)C)cc2)C(N)=CC1=N. The predicted molar refractivity (Wildman–Crippen MR) is 106 cm³/mol. The number of nitrogens with two attached hydrogens (primary N) is 1. The van der Waals surface area contributed by atoms with Crippen LogP contribution in [0.5, 0.6) is 0 Å². The van der Waals surface area contributed by atoms with Crippen molar-refractivity contribution in [3.8, 4) is 0 Å². The van der Waals surface area contributed by atoms with Crippen molar-refractivity contribution >= 4 is 22.8 Å². The summed E-state index contributed by atoms with van der Waals surface area (Å²) in [5.41, 5.74) is 9.44. The van der Waals surface area contributed by atoms with E-state index in [4.69, 9.17) is 15.9 Å². The molecule has 0 aromatic heterocycles. The summed E-state index contributed by atoms with van der Waals surface area (Å²) >= 11 is 0. The van der Waals surface area contributed by atoms with Crippen LogP contribution in [0, 0.1) is 5.41 Å². The first-order valence-electron chi connectivity index (χ1n) is 8.82. The molecule has 0 fully saturated rings. The van der Waals surface area contributed by atoms with Gasteiger partial charge in [0.05, 0.1) is 29.4 Å². The molecule has 5 heteroatoms. The lowest BCUT2D eigenvalue weighted by molar-refractivity contribution is 0.231. The molecule has 0 atom stereocenters. The van der Waals surface area contributed by atoms with Crippen LogP contribution in [0.2, 0.25) is 0 Å². The van der Waals surface area contributed by atoms with Crippen molar-refractivity contribution in [2.45, 2.75) is 40.2 Å². The van der Waals surface area contributed by atoms with Crippen molar-refractivity contribution in [2.24, 2.45) is 10.7 Å². The number of hydrogen-bond acceptors (Lipinski definition) is 5. The van der Waals surface area contributed by atoms with E-state index >= 15 is 0 Å². The van der Waals surface area contributed by atoms with Gasteiger partial charge < -0.3 is 15.4 Å². The van der Waals surface area contributed by atoms with Crippen molar-refractivity contribution in [3.05, 3.63) is 47.9 Å². The van der Waals surface area contributed by atoms with Gasteiger partial charge in [0, 0.05) is 24.4 Å². The average Bonchev–Trinajstić information content (AvgIpc) is 2.58. The molecule has 0 saturated heterocycles. The third-order valence-electron chi connectivity index (χ3n) is 3.99. The second-order valence-electron chi connectivity index (χ2n) is 6.26. The van der Waals surface area contributed by atoms with Gasteiger partial charge in [0.25, 0.3) is 0 Å². The smallest absolute Gasteiger partial charge is 0.146 e. The molecule has 0 unspecified atom stereocenters. The Labute approximate surface area is 150 Å². The largest absolute Gasteiger partial charge is 0.491 e. The zero-order chi connectivity index (χ0) is 18.4. The number of anilines is 1. The first kappa shape index (κ1) is 18.8. The van der Waals surface area contributed by atoms with Crippen molar-refractivity contribution in [2.75, 3.05) is 18.1 Å². The molecule has 5 nitrogen and oxygen atoms in total. The third kappa shape index (κ3) is 4.72. The van der Waals surface area contributed by atoms with Gasteiger partial charge in [0.15, 0.2) is 0 Å². The van der Waals surface area contributed by atoms with E-state index in [-0.39, 0.29) is 5.71 Å². The zero-order valence-electron chi connectivity index (χ0n) is 15.5. The number of aliphatic imine (C=N–C) groups is 1. The van der Waals surface area contributed by atoms with E-state index in [0.29, 0.717) is 29.8 Å². The Balaban J connectivity index is 2.24. The highest BCUT2D eigenvalue weighted by Crippen LogP contribution is 2.23. The maximum Gasteiger partial charge on any atom is 0.146 e. The van der Waals surface area contributed by atoms with Crippen LogP contribution < -0.4 is 10.6 Å². The van der Waals surface area contributed by atoms with E-state index in [1.165, 1.54) is 5.69 Å². The van der Waals surface area contributed by atoms with E-state index in [1.54, 1.807) is 12.2 Å². The Morgan fingerprint density at radius 1 is 1.16 bits per heavy atom. The summed E-state index contributed by atoms with van der Waals surface area (Å²) in [6, 6.07) is 8.58. The number of allylic oxidation sites excluding steroid dienone is 2. The minimum Gasteiger partial charge on any atom is -0.491 e. The molecule has 0 aliphatic heterocycles. The van der Waals surface area contributed by atoms with Crippen LogP contribution in [0.3, 0.4) is 0 Å². The Hall–Kier alpha value is -2.56. The number of benzene rings is 1. The van der Waals surface area contributed by atoms with E-state index in [2.05, 4.69) is 42.8 Å². The highest BCUT2D eigenvalue weighted by molar-refractivity contribution is 6.22. The highest BCUT2D eigenvalue weighted by Gasteiger charge is 2.15. The molecule has 2 rings (SSSR count). The Morgan fingerprint density at radius 3 is 2.40 bits per heavy atom. The minimum atomic E-state index is 0.288. The second kappa shape index (κ2) is 8.51. The van der Waals surface area contributed by atoms with Gasteiger partial charge in [-0.3, -0.25) is 5.41 Å². The molecule has 25 heavy (non-hydrogen) atoms. The molecule has 1 aliphatic rings. The van der Waals surface area contributed by atoms with Crippen LogP contribution in [0.1, 0.15) is 34.1 Å². The van der Waals surface area contributed by atoms with Crippen LogP contribution in [0.15, 0.2) is 52.9 Å². The zero-order valence-corrected chi connectivity index (χ0v) is 15.5. The van der Waals surface area contributed by atoms with Gasteiger partial charge in [-0.2, -0.15) is 0 Å². The fourth-order valence-electron chi connectivity index (χ4n) is 2.72. The molecule has 0 radical (unpaired) electrons. The third-order valence-corrected chi connectivity index (χ3v) is 3.99. The molecule has 1 aliphatic carbocycles. The number of nitrogens with zero attached hydrogens (tertiary/aromatic N) is 2. The van der Waals surface area contributed by atoms with Gasteiger partial charge in [-0.15, -0.1) is 0 Å². The molecule has 0 spiro atoms. The fourth-order valence-corrected chi connectivity index (χ4v) is 2.72. The number of ether oxygens (including phenoxy) is 1. The predicted octanol–water partition coefficient (Wildman–Crippen LogP) is 4.18. The molecule has 1 aromatic carbocycles. The number of nitrogens with one attached hydrogen (secondary N) is 1. The lowest BCUT2D eigenvalue weighted by Gasteiger charge is -2.27. The van der Waals surface area contributed by atoms with Crippen molar-refractivity contribution in [1.29, 1.82) is 5.41 Å². The topological polar surface area (TPSA) is 74.7 Å². The number of hydrogen-bond donors (Lipinski definition) is 2. The maximum atomic E-state index is 7.95. The molecule has 134 valence electrons. The summed E-state index contributed by atoms with van der Waals surface area (Å²) < 4.78 is 5.60. The lowest BCUT2D eigenvalue weighted by atomic mass is 10.1. The van der Waals surface area contributed by atoms with Crippen LogP contribution in [0.25, 0.3) is 0 Å². The molecule has 3 N–H and O–H groups in total. The van der Waals surface area contributed by atoms with E-state index in [1.807, 2.05) is 19.1 Å². The maximum absolute atomic E-state index is 7.95. The van der Waals surface area contributed by atoms with Gasteiger partial charge >= 0.3 is 0 Å². The van der Waals surface area contributed by atoms with Crippen LogP contribution in [-0.2, 0) is 4.74 Å². The van der Waals surface area contributed by atoms with Gasteiger partial charge in [0.1, 0.15) is 5.76 Å². The summed E-state index contributed by atoms with van der Waals surface area (Å²) in [5.74, 6) is 0.517. The Morgan fingerprint density at radius 2 is 1.84 bits per heavy atom. The van der Waals surface area contributed by atoms with Gasteiger partial charge in [-0.05, 0) is 57.5 Å². The summed E-state index contributed by atoms with van der Waals surface area (Å²) in [7, 11) is 0. The first-order chi connectivity index (χ1) is 12.0. The Kier molecular flexibility index (Phi) is 6.39. The van der Waals surface area contributed by atoms with Crippen LogP contribution in [0.4, 0.5) is 11.4 Å². The molecule has 0 saturated carbocycles. The summed E-state index contributed by atoms with van der Waals surface area (Å²) in [6.07, 6.45) is 4.23. The first-order valence-corrected chi connectivity index (χ1v) is 8.82. The quantitative estimate of drug-likeness (QED) is 0.731. The molecule has 1 aromatic rings. The molecule has 0 heterocycles. The van der Waals surface area contributed by atoms with Gasteiger partial charge in [0.2, 0.25) is 0 Å². The monoisotopic (exact) mass is 340 g/mol. The molecule has 0 bridgehead atoms. The average molecular weight is 340 g/mol. The van der Waals surface area contributed by atoms with E-state index < -0.39 is 0 Å². The van der Waals surface area contributed by atoms with E-state index in [9.17, 15) is 0 Å². The molecule has 0 amide bonds. The normalized spacial score (nSPS) is 16.0. The highest BCUT2D eigenvalue weighted by atomic mass is 16.5. The van der Waals surface area contributed by atoms with Crippen molar-refractivity contribution < 1.29 is 4.74 Å². The van der Waals surface area contributed by atoms with Crippen molar-refractivity contribution in [1.82, 2.24) is 0 Å². The standard InChI is InChI=1S/C20H28N4O/c1-5-11-25-20-13-19(17(21)12-18(20)22)23-15-7-9-16(10-8-15)24(6-2)14(3)4/h7-10,12-14,22H,5-6,11,21H2,1-4H3/b22-18?,23-19+. The second-order valence-corrected chi connectivity index (χ2v) is 6.26. The minimum absolute atomic E-state index is 0.288. The molecular formula is C20H28N4O. The fraction of sp³-hybridized carbons (Fsp3) is 0.400. The van der Waals surface area contributed by atoms with Gasteiger partial charge in [-0.1, -0.05) is 6.92 Å². The van der Waals surface area contributed by atoms with Crippen LogP contribution >= 0.6 is 0 Å². The summed E-state index contributed by atoms with van der Waals surface area (Å²) in [5, 5.41) is 7.95. The van der Waals surface area contributed by atoms with E-state index in [0.717, 1.165) is 18.7 Å². The number of rotatable bonds is 7. The van der Waals surface area contributed by atoms with Crippen LogP contribution in [-0.4, -0.2) is 30.6 Å². The van der Waals surface area contributed by atoms with Crippen molar-refractivity contribution in [3.63, 3.8) is 0 Å². The Bertz CT molecular complexity index is 699. The molecular weight excluding hydrogens is 312 g/mol.